The van der Waals surface area contributed by atoms with Crippen molar-refractivity contribution in [2.45, 2.75) is 31.2 Å². The molecule has 0 spiro atoms. The smallest absolute Gasteiger partial charge is 0.253 e. The summed E-state index contributed by atoms with van der Waals surface area (Å²) in [5.41, 5.74) is 0. The minimum atomic E-state index is -2.33. The zero-order valence-corrected chi connectivity index (χ0v) is 6.96. The zero-order chi connectivity index (χ0) is 7.19. The SMILES string of the molecule is Cl.FC1(F)CC1C1CCCN1. The highest BCUT2D eigenvalue weighted by atomic mass is 35.5. The van der Waals surface area contributed by atoms with Gasteiger partial charge in [-0.2, -0.15) is 0 Å². The summed E-state index contributed by atoms with van der Waals surface area (Å²) in [6, 6.07) is 0.120. The van der Waals surface area contributed by atoms with Gasteiger partial charge in [0.1, 0.15) is 0 Å². The highest BCUT2D eigenvalue weighted by molar-refractivity contribution is 5.85. The highest BCUT2D eigenvalue weighted by Gasteiger charge is 2.60. The Labute approximate surface area is 71.0 Å². The molecule has 2 rings (SSSR count). The Hall–Kier alpha value is 0.110. The third-order valence-electron chi connectivity index (χ3n) is 2.46. The number of hydrogen-bond donors (Lipinski definition) is 1. The van der Waals surface area contributed by atoms with Crippen molar-refractivity contribution < 1.29 is 8.78 Å². The van der Waals surface area contributed by atoms with Crippen LogP contribution >= 0.6 is 12.4 Å². The fourth-order valence-electron chi connectivity index (χ4n) is 1.73. The van der Waals surface area contributed by atoms with Crippen molar-refractivity contribution in [3.63, 3.8) is 0 Å². The second-order valence-electron chi connectivity index (χ2n) is 3.27. The summed E-state index contributed by atoms with van der Waals surface area (Å²) >= 11 is 0. The molecule has 2 atom stereocenters. The molecule has 0 aromatic carbocycles. The van der Waals surface area contributed by atoms with Crippen molar-refractivity contribution in [2.24, 2.45) is 5.92 Å². The summed E-state index contributed by atoms with van der Waals surface area (Å²) in [4.78, 5) is 0. The van der Waals surface area contributed by atoms with Crippen LogP contribution in [0.15, 0.2) is 0 Å². The van der Waals surface area contributed by atoms with Crippen LogP contribution in [0.4, 0.5) is 8.78 Å². The van der Waals surface area contributed by atoms with Crippen LogP contribution in [0.3, 0.4) is 0 Å². The molecule has 11 heavy (non-hydrogen) atoms. The molecule has 1 aliphatic heterocycles. The van der Waals surface area contributed by atoms with Gasteiger partial charge < -0.3 is 5.32 Å². The first-order valence-electron chi connectivity index (χ1n) is 3.81. The summed E-state index contributed by atoms with van der Waals surface area (Å²) in [6.07, 6.45) is 2.13. The van der Waals surface area contributed by atoms with Crippen molar-refractivity contribution in [2.75, 3.05) is 6.54 Å². The average Bonchev–Trinajstić information content (AvgIpc) is 2.31. The standard InChI is InChI=1S/C7H11F2N.ClH/c8-7(9)4-5(7)6-2-1-3-10-6;/h5-6,10H,1-4H2;1H. The number of alkyl halides is 2. The Morgan fingerprint density at radius 1 is 1.36 bits per heavy atom. The summed E-state index contributed by atoms with van der Waals surface area (Å²) in [5.74, 6) is -2.67. The molecule has 0 amide bonds. The van der Waals surface area contributed by atoms with E-state index in [9.17, 15) is 8.78 Å². The maximum atomic E-state index is 12.4. The van der Waals surface area contributed by atoms with Gasteiger partial charge in [-0.15, -0.1) is 12.4 Å². The van der Waals surface area contributed by atoms with E-state index >= 15 is 0 Å². The predicted molar refractivity (Wildman–Crippen MR) is 41.3 cm³/mol. The van der Waals surface area contributed by atoms with E-state index < -0.39 is 5.92 Å². The maximum absolute atomic E-state index is 12.4. The minimum Gasteiger partial charge on any atom is -0.313 e. The van der Waals surface area contributed by atoms with E-state index in [0.717, 1.165) is 19.4 Å². The van der Waals surface area contributed by atoms with Crippen molar-refractivity contribution >= 4 is 12.4 Å². The van der Waals surface area contributed by atoms with Crippen molar-refractivity contribution in [3.05, 3.63) is 0 Å². The van der Waals surface area contributed by atoms with E-state index in [4.69, 9.17) is 0 Å². The summed E-state index contributed by atoms with van der Waals surface area (Å²) in [5, 5.41) is 3.09. The molecule has 0 radical (unpaired) electrons. The lowest BCUT2D eigenvalue weighted by molar-refractivity contribution is 0.0915. The molecule has 1 saturated carbocycles. The van der Waals surface area contributed by atoms with Crippen molar-refractivity contribution in [3.8, 4) is 0 Å². The molecule has 66 valence electrons. The van der Waals surface area contributed by atoms with Gasteiger partial charge >= 0.3 is 0 Å². The van der Waals surface area contributed by atoms with Crippen LogP contribution < -0.4 is 5.32 Å². The summed E-state index contributed by atoms with van der Waals surface area (Å²) < 4.78 is 24.8. The third kappa shape index (κ3) is 1.64. The minimum absolute atomic E-state index is 0. The van der Waals surface area contributed by atoms with Crippen LogP contribution in [0, 0.1) is 5.92 Å². The van der Waals surface area contributed by atoms with Crippen molar-refractivity contribution in [1.82, 2.24) is 5.32 Å². The molecule has 0 aromatic rings. The largest absolute Gasteiger partial charge is 0.313 e. The number of halogens is 3. The van der Waals surface area contributed by atoms with Gasteiger partial charge in [-0.05, 0) is 19.4 Å². The van der Waals surface area contributed by atoms with Crippen LogP contribution in [-0.2, 0) is 0 Å². The first kappa shape index (κ1) is 9.20. The normalized spacial score (nSPS) is 39.8. The lowest BCUT2D eigenvalue weighted by atomic mass is 10.1. The number of rotatable bonds is 1. The van der Waals surface area contributed by atoms with Crippen LogP contribution in [-0.4, -0.2) is 18.5 Å². The van der Waals surface area contributed by atoms with Gasteiger partial charge in [-0.25, -0.2) is 8.78 Å². The van der Waals surface area contributed by atoms with Crippen molar-refractivity contribution in [1.29, 1.82) is 0 Å². The molecular weight excluding hydrogens is 172 g/mol. The topological polar surface area (TPSA) is 12.0 Å². The molecule has 2 fully saturated rings. The number of hydrogen-bond acceptors (Lipinski definition) is 1. The molecule has 2 unspecified atom stereocenters. The zero-order valence-electron chi connectivity index (χ0n) is 6.15. The third-order valence-corrected chi connectivity index (χ3v) is 2.46. The molecule has 2 aliphatic rings. The number of nitrogens with one attached hydrogen (secondary N) is 1. The molecule has 1 saturated heterocycles. The highest BCUT2D eigenvalue weighted by Crippen LogP contribution is 2.51. The molecule has 1 aliphatic carbocycles. The molecule has 4 heteroatoms. The van der Waals surface area contributed by atoms with Crippen LogP contribution in [0.2, 0.25) is 0 Å². The second kappa shape index (κ2) is 2.87. The quantitative estimate of drug-likeness (QED) is 0.654. The van der Waals surface area contributed by atoms with Crippen LogP contribution in [0.25, 0.3) is 0 Å². The van der Waals surface area contributed by atoms with Gasteiger partial charge in [0.25, 0.3) is 5.92 Å². The Morgan fingerprint density at radius 2 is 2.00 bits per heavy atom. The lowest BCUT2D eigenvalue weighted by Crippen LogP contribution is -2.25. The van der Waals surface area contributed by atoms with Gasteiger partial charge in [-0.3, -0.25) is 0 Å². The molecule has 0 aromatic heterocycles. The Morgan fingerprint density at radius 3 is 2.36 bits per heavy atom. The second-order valence-corrected chi connectivity index (χ2v) is 3.27. The Kier molecular flexibility index (Phi) is 2.40. The Balaban J connectivity index is 0.000000605. The molecule has 1 heterocycles. The monoisotopic (exact) mass is 183 g/mol. The first-order valence-corrected chi connectivity index (χ1v) is 3.81. The fourth-order valence-corrected chi connectivity index (χ4v) is 1.73. The van der Waals surface area contributed by atoms with Gasteiger partial charge in [0.2, 0.25) is 0 Å². The van der Waals surface area contributed by atoms with E-state index in [2.05, 4.69) is 5.32 Å². The van der Waals surface area contributed by atoms with E-state index in [-0.39, 0.29) is 30.8 Å². The molecule has 0 bridgehead atoms. The molecule has 1 nitrogen and oxygen atoms in total. The van der Waals surface area contributed by atoms with E-state index in [1.54, 1.807) is 0 Å². The van der Waals surface area contributed by atoms with Gasteiger partial charge in [0, 0.05) is 18.4 Å². The van der Waals surface area contributed by atoms with E-state index in [1.807, 2.05) is 0 Å². The maximum Gasteiger partial charge on any atom is 0.253 e. The average molecular weight is 184 g/mol. The van der Waals surface area contributed by atoms with Gasteiger partial charge in [0.15, 0.2) is 0 Å². The molecular formula is C7H12ClF2N. The van der Waals surface area contributed by atoms with E-state index in [0.29, 0.717) is 0 Å². The van der Waals surface area contributed by atoms with Gasteiger partial charge in [-0.1, -0.05) is 0 Å². The fraction of sp³-hybridized carbons (Fsp3) is 1.00. The lowest BCUT2D eigenvalue weighted by Gasteiger charge is -2.06. The summed E-state index contributed by atoms with van der Waals surface area (Å²) in [7, 11) is 0. The first-order chi connectivity index (χ1) is 4.70. The van der Waals surface area contributed by atoms with E-state index in [1.165, 1.54) is 0 Å². The Bertz CT molecular complexity index is 143. The van der Waals surface area contributed by atoms with Crippen LogP contribution in [0.1, 0.15) is 19.3 Å². The predicted octanol–water partition coefficient (Wildman–Crippen LogP) is 1.82. The summed E-state index contributed by atoms with van der Waals surface area (Å²) in [6.45, 7) is 0.928. The van der Waals surface area contributed by atoms with Gasteiger partial charge in [0.05, 0.1) is 0 Å². The van der Waals surface area contributed by atoms with Crippen LogP contribution in [0.5, 0.6) is 0 Å². The molecule has 1 N–H and O–H groups in total.